The SMILES string of the molecule is CN(C(=O)OC(C)(C)C)[C@@H](N)C(=O)N[C@@H](CCO)C(=O)O. The molecule has 0 saturated carbocycles. The molecule has 9 heteroatoms. The Labute approximate surface area is 123 Å². The molecule has 0 fully saturated rings. The lowest BCUT2D eigenvalue weighted by molar-refractivity contribution is -0.143. The lowest BCUT2D eigenvalue weighted by atomic mass is 10.2. The maximum Gasteiger partial charge on any atom is 0.411 e. The molecule has 0 aromatic heterocycles. The number of aliphatic carboxylic acids is 1. The molecule has 5 N–H and O–H groups in total. The molecule has 0 rings (SSSR count). The van der Waals surface area contributed by atoms with Gasteiger partial charge in [0.2, 0.25) is 0 Å². The fourth-order valence-electron chi connectivity index (χ4n) is 1.27. The molecule has 0 saturated heterocycles. The molecule has 0 bridgehead atoms. The fourth-order valence-corrected chi connectivity index (χ4v) is 1.27. The van der Waals surface area contributed by atoms with E-state index in [9.17, 15) is 14.4 Å². The Balaban J connectivity index is 4.68. The number of carbonyl (C=O) groups is 3. The van der Waals surface area contributed by atoms with Crippen molar-refractivity contribution < 1.29 is 29.3 Å². The van der Waals surface area contributed by atoms with Gasteiger partial charge in [-0.25, -0.2) is 9.59 Å². The van der Waals surface area contributed by atoms with E-state index in [1.54, 1.807) is 20.8 Å². The second-order valence-electron chi connectivity index (χ2n) is 5.45. The van der Waals surface area contributed by atoms with Crippen LogP contribution in [0.2, 0.25) is 0 Å². The predicted molar refractivity (Wildman–Crippen MR) is 73.2 cm³/mol. The van der Waals surface area contributed by atoms with Gasteiger partial charge in [0.15, 0.2) is 6.17 Å². The second kappa shape index (κ2) is 7.79. The highest BCUT2D eigenvalue weighted by Crippen LogP contribution is 2.09. The zero-order chi connectivity index (χ0) is 16.8. The van der Waals surface area contributed by atoms with Gasteiger partial charge in [-0.3, -0.25) is 9.69 Å². The maximum absolute atomic E-state index is 11.8. The number of aliphatic hydroxyl groups excluding tert-OH is 1. The summed E-state index contributed by atoms with van der Waals surface area (Å²) in [5, 5.41) is 19.7. The molecular formula is C12H23N3O6. The van der Waals surface area contributed by atoms with Crippen molar-refractivity contribution in [3.8, 4) is 0 Å². The molecule has 0 aliphatic heterocycles. The van der Waals surface area contributed by atoms with Gasteiger partial charge < -0.3 is 26.0 Å². The average Bonchev–Trinajstić information content (AvgIpc) is 2.33. The van der Waals surface area contributed by atoms with Crippen molar-refractivity contribution in [3.05, 3.63) is 0 Å². The first-order valence-electron chi connectivity index (χ1n) is 6.35. The lowest BCUT2D eigenvalue weighted by Crippen LogP contribution is -2.57. The van der Waals surface area contributed by atoms with Crippen LogP contribution in [-0.4, -0.2) is 64.5 Å². The summed E-state index contributed by atoms with van der Waals surface area (Å²) in [6, 6.07) is -1.28. The number of nitrogens with two attached hydrogens (primary N) is 1. The Bertz CT molecular complexity index is 393. The van der Waals surface area contributed by atoms with Crippen molar-refractivity contribution >= 4 is 18.0 Å². The van der Waals surface area contributed by atoms with E-state index in [0.717, 1.165) is 4.90 Å². The monoisotopic (exact) mass is 305 g/mol. The number of hydrogen-bond acceptors (Lipinski definition) is 6. The Morgan fingerprint density at radius 1 is 1.33 bits per heavy atom. The topological polar surface area (TPSA) is 142 Å². The van der Waals surface area contributed by atoms with Crippen LogP contribution in [0.4, 0.5) is 4.79 Å². The smallest absolute Gasteiger partial charge is 0.411 e. The molecule has 0 aliphatic carbocycles. The minimum absolute atomic E-state index is 0.163. The van der Waals surface area contributed by atoms with Crippen LogP contribution >= 0.6 is 0 Å². The zero-order valence-corrected chi connectivity index (χ0v) is 12.6. The van der Waals surface area contributed by atoms with Crippen LogP contribution in [0.1, 0.15) is 27.2 Å². The maximum atomic E-state index is 11.8. The van der Waals surface area contributed by atoms with Gasteiger partial charge in [0, 0.05) is 20.1 Å². The summed E-state index contributed by atoms with van der Waals surface area (Å²) in [5.74, 6) is -2.16. The van der Waals surface area contributed by atoms with E-state index < -0.39 is 42.4 Å². The van der Waals surface area contributed by atoms with Crippen LogP contribution in [0.15, 0.2) is 0 Å². The van der Waals surface area contributed by atoms with E-state index in [4.69, 9.17) is 20.7 Å². The van der Waals surface area contributed by atoms with Crippen LogP contribution in [0, 0.1) is 0 Å². The fraction of sp³-hybridized carbons (Fsp3) is 0.750. The quantitative estimate of drug-likeness (QED) is 0.465. The number of nitrogens with one attached hydrogen (secondary N) is 1. The van der Waals surface area contributed by atoms with E-state index in [-0.39, 0.29) is 6.42 Å². The van der Waals surface area contributed by atoms with Gasteiger partial charge in [-0.15, -0.1) is 0 Å². The van der Waals surface area contributed by atoms with Crippen molar-refractivity contribution in [1.82, 2.24) is 10.2 Å². The third-order valence-corrected chi connectivity index (χ3v) is 2.40. The highest BCUT2D eigenvalue weighted by Gasteiger charge is 2.29. The third-order valence-electron chi connectivity index (χ3n) is 2.40. The van der Waals surface area contributed by atoms with Crippen molar-refractivity contribution in [2.24, 2.45) is 5.73 Å². The molecule has 2 atom stereocenters. The molecule has 0 aromatic rings. The standard InChI is InChI=1S/C12H23N3O6/c1-12(2,3)21-11(20)15(4)8(13)9(17)14-7(5-6-16)10(18)19/h7-8,16H,5-6,13H2,1-4H3,(H,14,17)(H,18,19)/t7-,8+/m0/s1. The Morgan fingerprint density at radius 2 is 1.86 bits per heavy atom. The molecule has 122 valence electrons. The number of aliphatic hydroxyl groups is 1. The molecule has 0 heterocycles. The molecule has 2 amide bonds. The number of carboxylic acids is 1. The minimum atomic E-state index is -1.40. The summed E-state index contributed by atoms with van der Waals surface area (Å²) in [6.45, 7) is 4.57. The number of likely N-dealkylation sites (N-methyl/N-ethyl adjacent to an activating group) is 1. The van der Waals surface area contributed by atoms with Gasteiger partial charge >= 0.3 is 12.1 Å². The highest BCUT2D eigenvalue weighted by molar-refractivity contribution is 5.88. The van der Waals surface area contributed by atoms with E-state index in [1.165, 1.54) is 7.05 Å². The van der Waals surface area contributed by atoms with E-state index in [1.807, 2.05) is 0 Å². The number of amides is 2. The van der Waals surface area contributed by atoms with E-state index >= 15 is 0 Å². The number of nitrogens with zero attached hydrogens (tertiary/aromatic N) is 1. The van der Waals surface area contributed by atoms with Crippen molar-refractivity contribution in [1.29, 1.82) is 0 Å². The predicted octanol–water partition coefficient (Wildman–Crippen LogP) is -0.910. The van der Waals surface area contributed by atoms with Gasteiger partial charge in [0.1, 0.15) is 11.6 Å². The number of carboxylic acid groups (broad SMARTS) is 1. The van der Waals surface area contributed by atoms with E-state index in [2.05, 4.69) is 5.32 Å². The van der Waals surface area contributed by atoms with Crippen LogP contribution in [0.3, 0.4) is 0 Å². The van der Waals surface area contributed by atoms with Crippen molar-refractivity contribution in [2.45, 2.75) is 45.0 Å². The summed E-state index contributed by atoms with van der Waals surface area (Å²) >= 11 is 0. The molecule has 0 unspecified atom stereocenters. The highest BCUT2D eigenvalue weighted by atomic mass is 16.6. The Hall–Kier alpha value is -1.87. The largest absolute Gasteiger partial charge is 0.480 e. The number of rotatable bonds is 6. The van der Waals surface area contributed by atoms with Crippen LogP contribution in [0.5, 0.6) is 0 Å². The summed E-state index contributed by atoms with van der Waals surface area (Å²) < 4.78 is 5.04. The lowest BCUT2D eigenvalue weighted by Gasteiger charge is -2.28. The first-order chi connectivity index (χ1) is 9.49. The molecule has 0 aliphatic rings. The van der Waals surface area contributed by atoms with Gasteiger partial charge in [-0.05, 0) is 20.8 Å². The number of ether oxygens (including phenoxy) is 1. The normalized spacial score (nSPS) is 14.0. The first-order valence-corrected chi connectivity index (χ1v) is 6.35. The number of hydrogen-bond donors (Lipinski definition) is 4. The first kappa shape index (κ1) is 19.1. The van der Waals surface area contributed by atoms with Crippen LogP contribution in [0.25, 0.3) is 0 Å². The summed E-state index contributed by atoms with van der Waals surface area (Å²) in [6.07, 6.45) is -2.37. The zero-order valence-electron chi connectivity index (χ0n) is 12.6. The molecule has 9 nitrogen and oxygen atoms in total. The summed E-state index contributed by atoms with van der Waals surface area (Å²) in [4.78, 5) is 35.3. The van der Waals surface area contributed by atoms with Gasteiger partial charge in [-0.1, -0.05) is 0 Å². The minimum Gasteiger partial charge on any atom is -0.480 e. The van der Waals surface area contributed by atoms with Gasteiger partial charge in [0.05, 0.1) is 0 Å². The van der Waals surface area contributed by atoms with Gasteiger partial charge in [0.25, 0.3) is 5.91 Å². The Kier molecular flexibility index (Phi) is 7.10. The molecular weight excluding hydrogens is 282 g/mol. The molecule has 0 aromatic carbocycles. The molecule has 0 radical (unpaired) electrons. The summed E-state index contributed by atoms with van der Waals surface area (Å²) in [5.41, 5.74) is 4.83. The second-order valence-corrected chi connectivity index (χ2v) is 5.45. The van der Waals surface area contributed by atoms with Crippen molar-refractivity contribution in [2.75, 3.05) is 13.7 Å². The van der Waals surface area contributed by atoms with E-state index in [0.29, 0.717) is 0 Å². The van der Waals surface area contributed by atoms with Crippen LogP contribution in [-0.2, 0) is 14.3 Å². The van der Waals surface area contributed by atoms with Crippen molar-refractivity contribution in [3.63, 3.8) is 0 Å². The number of carbonyl (C=O) groups excluding carboxylic acids is 2. The third kappa shape index (κ3) is 6.91. The Morgan fingerprint density at radius 3 is 2.24 bits per heavy atom. The van der Waals surface area contributed by atoms with Crippen LogP contribution < -0.4 is 11.1 Å². The average molecular weight is 305 g/mol. The molecule has 21 heavy (non-hydrogen) atoms. The summed E-state index contributed by atoms with van der Waals surface area (Å²) in [7, 11) is 1.26. The van der Waals surface area contributed by atoms with Gasteiger partial charge in [-0.2, -0.15) is 0 Å². The molecule has 0 spiro atoms.